The standard InChI is InChI=1S/C20H19ClFN3OS/c1-3-11-25-19(12-26-18-10-5-4-7-14(18)2)23-24-20(25)27-13-15-16(21)8-6-9-17(15)22/h3-10H,1,11-13H2,2H3. The van der Waals surface area contributed by atoms with Crippen LogP contribution in [0.25, 0.3) is 0 Å². The highest BCUT2D eigenvalue weighted by molar-refractivity contribution is 7.98. The highest BCUT2D eigenvalue weighted by Crippen LogP contribution is 2.28. The van der Waals surface area contributed by atoms with Gasteiger partial charge in [0, 0.05) is 22.9 Å². The van der Waals surface area contributed by atoms with Crippen LogP contribution in [0.1, 0.15) is 17.0 Å². The lowest BCUT2D eigenvalue weighted by Gasteiger charge is -2.11. The fraction of sp³-hybridized carbons (Fsp3) is 0.200. The number of aromatic nitrogens is 3. The lowest BCUT2D eigenvalue weighted by molar-refractivity contribution is 0.287. The van der Waals surface area contributed by atoms with E-state index in [4.69, 9.17) is 16.3 Å². The van der Waals surface area contributed by atoms with E-state index in [-0.39, 0.29) is 12.4 Å². The summed E-state index contributed by atoms with van der Waals surface area (Å²) in [6.07, 6.45) is 1.76. The number of ether oxygens (including phenoxy) is 1. The van der Waals surface area contributed by atoms with Gasteiger partial charge >= 0.3 is 0 Å². The largest absolute Gasteiger partial charge is 0.485 e. The maximum Gasteiger partial charge on any atom is 0.191 e. The first kappa shape index (κ1) is 19.5. The van der Waals surface area contributed by atoms with E-state index >= 15 is 0 Å². The SMILES string of the molecule is C=CCn1c(COc2ccccc2C)nnc1SCc1c(F)cccc1Cl. The van der Waals surface area contributed by atoms with Crippen molar-refractivity contribution in [3.8, 4) is 5.75 Å². The molecule has 1 heterocycles. The molecule has 27 heavy (non-hydrogen) atoms. The summed E-state index contributed by atoms with van der Waals surface area (Å²) in [5.74, 6) is 1.52. The van der Waals surface area contributed by atoms with E-state index < -0.39 is 0 Å². The molecule has 0 saturated carbocycles. The molecular formula is C20H19ClFN3OS. The van der Waals surface area contributed by atoms with E-state index in [0.29, 0.717) is 33.9 Å². The van der Waals surface area contributed by atoms with Crippen LogP contribution >= 0.6 is 23.4 Å². The molecule has 0 bridgehead atoms. The summed E-state index contributed by atoms with van der Waals surface area (Å²) in [7, 11) is 0. The van der Waals surface area contributed by atoms with Gasteiger partial charge in [0.15, 0.2) is 11.0 Å². The number of rotatable bonds is 8. The van der Waals surface area contributed by atoms with E-state index in [1.807, 2.05) is 35.8 Å². The van der Waals surface area contributed by atoms with Crippen molar-refractivity contribution in [2.45, 2.75) is 31.0 Å². The Morgan fingerprint density at radius 1 is 1.22 bits per heavy atom. The molecule has 0 amide bonds. The first-order valence-electron chi connectivity index (χ1n) is 8.37. The van der Waals surface area contributed by atoms with Crippen LogP contribution in [0.3, 0.4) is 0 Å². The molecule has 0 aliphatic heterocycles. The van der Waals surface area contributed by atoms with E-state index in [9.17, 15) is 4.39 Å². The third-order valence-electron chi connectivity index (χ3n) is 3.96. The molecule has 0 radical (unpaired) electrons. The molecule has 1 aromatic heterocycles. The Hall–Kier alpha value is -2.31. The Morgan fingerprint density at radius 2 is 2.04 bits per heavy atom. The third kappa shape index (κ3) is 4.70. The van der Waals surface area contributed by atoms with Crippen molar-refractivity contribution in [2.24, 2.45) is 0 Å². The Bertz CT molecular complexity index is 924. The van der Waals surface area contributed by atoms with Crippen LogP contribution in [0.2, 0.25) is 5.02 Å². The van der Waals surface area contributed by atoms with Crippen molar-refractivity contribution >= 4 is 23.4 Å². The van der Waals surface area contributed by atoms with Crippen molar-refractivity contribution < 1.29 is 9.13 Å². The van der Waals surface area contributed by atoms with E-state index in [1.54, 1.807) is 18.2 Å². The first-order chi connectivity index (χ1) is 13.1. The van der Waals surface area contributed by atoms with Gasteiger partial charge in [-0.15, -0.1) is 16.8 Å². The second-order valence-corrected chi connectivity index (χ2v) is 7.19. The summed E-state index contributed by atoms with van der Waals surface area (Å²) in [6, 6.07) is 12.5. The van der Waals surface area contributed by atoms with Crippen LogP contribution in [0.15, 0.2) is 60.3 Å². The molecule has 7 heteroatoms. The van der Waals surface area contributed by atoms with Gasteiger partial charge in [0.25, 0.3) is 0 Å². The summed E-state index contributed by atoms with van der Waals surface area (Å²) in [6.45, 7) is 6.60. The van der Waals surface area contributed by atoms with E-state index in [1.165, 1.54) is 17.8 Å². The van der Waals surface area contributed by atoms with E-state index in [2.05, 4.69) is 16.8 Å². The van der Waals surface area contributed by atoms with Gasteiger partial charge in [0.1, 0.15) is 18.2 Å². The van der Waals surface area contributed by atoms with E-state index in [0.717, 1.165) is 11.3 Å². The Balaban J connectivity index is 1.75. The molecule has 140 valence electrons. The van der Waals surface area contributed by atoms with Gasteiger partial charge in [-0.1, -0.05) is 53.7 Å². The van der Waals surface area contributed by atoms with Crippen LogP contribution in [0.4, 0.5) is 4.39 Å². The van der Waals surface area contributed by atoms with Crippen LogP contribution in [-0.2, 0) is 18.9 Å². The number of allylic oxidation sites excluding steroid dienone is 1. The minimum Gasteiger partial charge on any atom is -0.485 e. The highest BCUT2D eigenvalue weighted by Gasteiger charge is 2.15. The minimum atomic E-state index is -0.326. The predicted molar refractivity (Wildman–Crippen MR) is 107 cm³/mol. The number of nitrogens with zero attached hydrogens (tertiary/aromatic N) is 3. The second kappa shape index (κ2) is 9.06. The predicted octanol–water partition coefficient (Wildman–Crippen LogP) is 5.44. The van der Waals surface area contributed by atoms with Gasteiger partial charge in [-0.2, -0.15) is 0 Å². The monoisotopic (exact) mass is 403 g/mol. The minimum absolute atomic E-state index is 0.284. The average Bonchev–Trinajstić information content (AvgIpc) is 3.03. The van der Waals surface area contributed by atoms with Crippen LogP contribution < -0.4 is 4.74 Å². The van der Waals surface area contributed by atoms with Crippen LogP contribution in [0, 0.1) is 12.7 Å². The number of hydrogen-bond donors (Lipinski definition) is 0. The number of benzene rings is 2. The van der Waals surface area contributed by atoms with Gasteiger partial charge in [0.05, 0.1) is 0 Å². The van der Waals surface area contributed by atoms with Crippen molar-refractivity contribution in [1.82, 2.24) is 14.8 Å². The topological polar surface area (TPSA) is 39.9 Å². The maximum absolute atomic E-state index is 14.0. The molecule has 3 aromatic rings. The fourth-order valence-corrected chi connectivity index (χ4v) is 3.82. The number of para-hydroxylation sites is 1. The fourth-order valence-electron chi connectivity index (χ4n) is 2.51. The molecular weight excluding hydrogens is 385 g/mol. The van der Waals surface area contributed by atoms with Gasteiger partial charge in [-0.05, 0) is 30.7 Å². The van der Waals surface area contributed by atoms with Crippen molar-refractivity contribution in [3.63, 3.8) is 0 Å². The van der Waals surface area contributed by atoms with Gasteiger partial charge < -0.3 is 4.74 Å². The number of hydrogen-bond acceptors (Lipinski definition) is 4. The number of aryl methyl sites for hydroxylation is 1. The van der Waals surface area contributed by atoms with Crippen molar-refractivity contribution in [2.75, 3.05) is 0 Å². The molecule has 0 fully saturated rings. The number of halogens is 2. The lowest BCUT2D eigenvalue weighted by atomic mass is 10.2. The summed E-state index contributed by atoms with van der Waals surface area (Å²) >= 11 is 7.48. The smallest absolute Gasteiger partial charge is 0.191 e. The van der Waals surface area contributed by atoms with Crippen LogP contribution in [0.5, 0.6) is 5.75 Å². The molecule has 0 unspecified atom stereocenters. The lowest BCUT2D eigenvalue weighted by Crippen LogP contribution is -2.08. The van der Waals surface area contributed by atoms with Gasteiger partial charge in [0.2, 0.25) is 0 Å². The molecule has 2 aromatic carbocycles. The molecule has 0 aliphatic rings. The molecule has 3 rings (SSSR count). The Labute approximate surface area is 167 Å². The second-order valence-electron chi connectivity index (χ2n) is 5.84. The molecule has 0 saturated heterocycles. The average molecular weight is 404 g/mol. The normalized spacial score (nSPS) is 10.8. The number of thioether (sulfide) groups is 1. The molecule has 4 nitrogen and oxygen atoms in total. The van der Waals surface area contributed by atoms with Crippen LogP contribution in [-0.4, -0.2) is 14.8 Å². The summed E-state index contributed by atoms with van der Waals surface area (Å²) < 4.78 is 21.8. The van der Waals surface area contributed by atoms with Gasteiger partial charge in [-0.3, -0.25) is 4.57 Å². The van der Waals surface area contributed by atoms with Crippen molar-refractivity contribution in [1.29, 1.82) is 0 Å². The summed E-state index contributed by atoms with van der Waals surface area (Å²) in [5, 5.41) is 9.52. The quantitative estimate of drug-likeness (QED) is 0.371. The Morgan fingerprint density at radius 3 is 2.78 bits per heavy atom. The highest BCUT2D eigenvalue weighted by atomic mass is 35.5. The summed E-state index contributed by atoms with van der Waals surface area (Å²) in [5.41, 5.74) is 1.51. The molecule has 0 aliphatic carbocycles. The van der Waals surface area contributed by atoms with Gasteiger partial charge in [-0.25, -0.2) is 4.39 Å². The molecule has 0 N–H and O–H groups in total. The zero-order valence-electron chi connectivity index (χ0n) is 14.9. The maximum atomic E-state index is 14.0. The Kier molecular flexibility index (Phi) is 6.53. The molecule has 0 atom stereocenters. The zero-order chi connectivity index (χ0) is 19.2. The first-order valence-corrected chi connectivity index (χ1v) is 9.73. The zero-order valence-corrected chi connectivity index (χ0v) is 16.4. The van der Waals surface area contributed by atoms with Crippen molar-refractivity contribution in [3.05, 3.63) is 82.9 Å². The molecule has 0 spiro atoms. The third-order valence-corrected chi connectivity index (χ3v) is 5.31. The summed E-state index contributed by atoms with van der Waals surface area (Å²) in [4.78, 5) is 0.